The molecule has 1 amide bonds. The molecule has 0 bridgehead atoms. The standard InChI is InChI=1S/C13H18ClN3O3/c1-9-10(13(14)17(3)15-9)6-7-11(18)16(2)8-4-5-12(19)20/h6-7H,4-5,8H2,1-3H3,(H,19,20)/b7-6+. The van der Waals surface area contributed by atoms with Gasteiger partial charge in [-0.1, -0.05) is 11.6 Å². The number of aromatic nitrogens is 2. The summed E-state index contributed by atoms with van der Waals surface area (Å²) in [7, 11) is 3.36. The molecule has 0 saturated heterocycles. The van der Waals surface area contributed by atoms with Crippen LogP contribution in [0.5, 0.6) is 0 Å². The number of carbonyl (C=O) groups is 2. The van der Waals surface area contributed by atoms with Crippen molar-refractivity contribution in [3.05, 3.63) is 22.5 Å². The number of hydrogen-bond acceptors (Lipinski definition) is 3. The monoisotopic (exact) mass is 299 g/mol. The van der Waals surface area contributed by atoms with Crippen molar-refractivity contribution in [3.63, 3.8) is 0 Å². The molecule has 0 aliphatic rings. The van der Waals surface area contributed by atoms with E-state index >= 15 is 0 Å². The van der Waals surface area contributed by atoms with Gasteiger partial charge in [0, 0.05) is 38.7 Å². The van der Waals surface area contributed by atoms with Crippen molar-refractivity contribution in [3.8, 4) is 0 Å². The Kier molecular flexibility index (Phi) is 5.76. The Morgan fingerprint density at radius 1 is 1.50 bits per heavy atom. The van der Waals surface area contributed by atoms with Crippen molar-refractivity contribution in [2.24, 2.45) is 7.05 Å². The number of likely N-dealkylation sites (N-methyl/N-ethyl adjacent to an activating group) is 1. The molecule has 0 aliphatic carbocycles. The Morgan fingerprint density at radius 3 is 2.65 bits per heavy atom. The van der Waals surface area contributed by atoms with Crippen LogP contribution in [0.1, 0.15) is 24.1 Å². The average Bonchev–Trinajstić information content (AvgIpc) is 2.60. The molecule has 1 N–H and O–H groups in total. The second-order valence-electron chi connectivity index (χ2n) is 4.50. The second-order valence-corrected chi connectivity index (χ2v) is 4.86. The highest BCUT2D eigenvalue weighted by atomic mass is 35.5. The third-order valence-electron chi connectivity index (χ3n) is 2.85. The van der Waals surface area contributed by atoms with E-state index in [-0.39, 0.29) is 12.3 Å². The lowest BCUT2D eigenvalue weighted by Crippen LogP contribution is -2.26. The van der Waals surface area contributed by atoms with Crippen molar-refractivity contribution >= 4 is 29.6 Å². The summed E-state index contributed by atoms with van der Waals surface area (Å²) in [5.41, 5.74) is 1.46. The molecular formula is C13H18ClN3O3. The van der Waals surface area contributed by atoms with E-state index < -0.39 is 5.97 Å². The number of hydrogen-bond donors (Lipinski definition) is 1. The van der Waals surface area contributed by atoms with Gasteiger partial charge in [-0.3, -0.25) is 14.3 Å². The molecule has 0 aliphatic heterocycles. The SMILES string of the molecule is Cc1nn(C)c(Cl)c1/C=C/C(=O)N(C)CCCC(=O)O. The summed E-state index contributed by atoms with van der Waals surface area (Å²) >= 11 is 6.05. The van der Waals surface area contributed by atoms with Crippen molar-refractivity contribution in [2.45, 2.75) is 19.8 Å². The van der Waals surface area contributed by atoms with Gasteiger partial charge in [-0.15, -0.1) is 0 Å². The van der Waals surface area contributed by atoms with E-state index in [9.17, 15) is 9.59 Å². The van der Waals surface area contributed by atoms with Gasteiger partial charge in [-0.2, -0.15) is 5.10 Å². The van der Waals surface area contributed by atoms with E-state index in [0.29, 0.717) is 23.7 Å². The molecule has 0 spiro atoms. The lowest BCUT2D eigenvalue weighted by molar-refractivity contribution is -0.137. The molecule has 0 aromatic carbocycles. The van der Waals surface area contributed by atoms with Crippen LogP contribution in [0.15, 0.2) is 6.08 Å². The molecule has 20 heavy (non-hydrogen) atoms. The van der Waals surface area contributed by atoms with Gasteiger partial charge in [0.05, 0.1) is 5.69 Å². The fourth-order valence-electron chi connectivity index (χ4n) is 1.70. The number of carbonyl (C=O) groups excluding carboxylic acids is 1. The Bertz CT molecular complexity index is 537. The van der Waals surface area contributed by atoms with Crippen LogP contribution in [0, 0.1) is 6.92 Å². The predicted molar refractivity (Wildman–Crippen MR) is 76.5 cm³/mol. The summed E-state index contributed by atoms with van der Waals surface area (Å²) in [4.78, 5) is 23.7. The Hall–Kier alpha value is -1.82. The van der Waals surface area contributed by atoms with Crippen LogP contribution in [-0.2, 0) is 16.6 Å². The third kappa shape index (κ3) is 4.38. The van der Waals surface area contributed by atoms with Crippen LogP contribution >= 0.6 is 11.6 Å². The summed E-state index contributed by atoms with van der Waals surface area (Å²) in [6.07, 6.45) is 3.52. The smallest absolute Gasteiger partial charge is 0.303 e. The Labute approximate surface area is 122 Å². The van der Waals surface area contributed by atoms with Crippen molar-refractivity contribution in [1.29, 1.82) is 0 Å². The number of halogens is 1. The first-order valence-electron chi connectivity index (χ1n) is 6.17. The number of amides is 1. The van der Waals surface area contributed by atoms with Crippen LogP contribution in [0.3, 0.4) is 0 Å². The van der Waals surface area contributed by atoms with Crippen molar-refractivity contribution in [2.75, 3.05) is 13.6 Å². The number of aliphatic carboxylic acids is 1. The Balaban J connectivity index is 2.60. The zero-order chi connectivity index (χ0) is 15.3. The van der Waals surface area contributed by atoms with Crippen LogP contribution in [0.2, 0.25) is 5.15 Å². The van der Waals surface area contributed by atoms with E-state index in [1.165, 1.54) is 15.7 Å². The van der Waals surface area contributed by atoms with Crippen LogP contribution in [0.4, 0.5) is 0 Å². The van der Waals surface area contributed by atoms with E-state index in [1.54, 1.807) is 20.2 Å². The average molecular weight is 300 g/mol. The minimum Gasteiger partial charge on any atom is -0.481 e. The molecule has 1 heterocycles. The molecule has 1 rings (SSSR count). The summed E-state index contributed by atoms with van der Waals surface area (Å²) in [5, 5.41) is 13.2. The largest absolute Gasteiger partial charge is 0.481 e. The lowest BCUT2D eigenvalue weighted by Gasteiger charge is -2.13. The maximum atomic E-state index is 11.8. The molecule has 0 saturated carbocycles. The zero-order valence-corrected chi connectivity index (χ0v) is 12.5. The number of carboxylic acids is 1. The van der Waals surface area contributed by atoms with E-state index in [0.717, 1.165) is 5.69 Å². The van der Waals surface area contributed by atoms with Gasteiger partial charge in [-0.25, -0.2) is 0 Å². The van der Waals surface area contributed by atoms with Gasteiger partial charge < -0.3 is 10.0 Å². The second kappa shape index (κ2) is 7.09. The first-order valence-corrected chi connectivity index (χ1v) is 6.54. The van der Waals surface area contributed by atoms with Gasteiger partial charge in [0.1, 0.15) is 5.15 Å². The molecule has 6 nitrogen and oxygen atoms in total. The number of aryl methyl sites for hydroxylation is 2. The number of rotatable bonds is 6. The van der Waals surface area contributed by atoms with E-state index in [1.807, 2.05) is 6.92 Å². The predicted octanol–water partition coefficient (Wildman–Crippen LogP) is 1.72. The highest BCUT2D eigenvalue weighted by molar-refractivity contribution is 6.31. The normalized spacial score (nSPS) is 11.0. The van der Waals surface area contributed by atoms with Crippen LogP contribution in [-0.4, -0.2) is 45.3 Å². The molecule has 1 aromatic heterocycles. The van der Waals surface area contributed by atoms with Gasteiger partial charge in [0.15, 0.2) is 0 Å². The van der Waals surface area contributed by atoms with Crippen molar-refractivity contribution in [1.82, 2.24) is 14.7 Å². The first-order chi connectivity index (χ1) is 9.32. The quantitative estimate of drug-likeness (QED) is 0.812. The third-order valence-corrected chi connectivity index (χ3v) is 3.30. The topological polar surface area (TPSA) is 75.4 Å². The van der Waals surface area contributed by atoms with Crippen molar-refractivity contribution < 1.29 is 14.7 Å². The minimum atomic E-state index is -0.862. The molecule has 0 unspecified atom stereocenters. The minimum absolute atomic E-state index is 0.0505. The number of nitrogens with zero attached hydrogens (tertiary/aromatic N) is 3. The fraction of sp³-hybridized carbons (Fsp3) is 0.462. The van der Waals surface area contributed by atoms with Gasteiger partial charge in [-0.05, 0) is 19.4 Å². The van der Waals surface area contributed by atoms with Gasteiger partial charge in [0.2, 0.25) is 5.91 Å². The molecule has 0 atom stereocenters. The fourth-order valence-corrected chi connectivity index (χ4v) is 1.93. The molecule has 0 radical (unpaired) electrons. The molecule has 0 fully saturated rings. The van der Waals surface area contributed by atoms with Gasteiger partial charge >= 0.3 is 5.97 Å². The van der Waals surface area contributed by atoms with Gasteiger partial charge in [0.25, 0.3) is 0 Å². The summed E-state index contributed by atoms with van der Waals surface area (Å²) < 4.78 is 1.54. The molecule has 7 heteroatoms. The highest BCUT2D eigenvalue weighted by Crippen LogP contribution is 2.19. The zero-order valence-electron chi connectivity index (χ0n) is 11.8. The van der Waals surface area contributed by atoms with Crippen LogP contribution < -0.4 is 0 Å². The Morgan fingerprint density at radius 2 is 2.15 bits per heavy atom. The maximum absolute atomic E-state index is 11.8. The van der Waals surface area contributed by atoms with E-state index in [2.05, 4.69) is 5.10 Å². The lowest BCUT2D eigenvalue weighted by atomic mass is 10.2. The molecule has 110 valence electrons. The van der Waals surface area contributed by atoms with E-state index in [4.69, 9.17) is 16.7 Å². The maximum Gasteiger partial charge on any atom is 0.303 e. The first kappa shape index (κ1) is 16.2. The van der Waals surface area contributed by atoms with Crippen LogP contribution in [0.25, 0.3) is 6.08 Å². The summed E-state index contributed by atoms with van der Waals surface area (Å²) in [5.74, 6) is -1.06. The summed E-state index contributed by atoms with van der Waals surface area (Å²) in [6, 6.07) is 0. The highest BCUT2D eigenvalue weighted by Gasteiger charge is 2.10. The molecular weight excluding hydrogens is 282 g/mol. The molecule has 1 aromatic rings. The number of carboxylic acid groups (broad SMARTS) is 1. The summed E-state index contributed by atoms with van der Waals surface area (Å²) in [6.45, 7) is 2.21.